The molecule has 90 valence electrons. The summed E-state index contributed by atoms with van der Waals surface area (Å²) in [5, 5.41) is 3.84. The van der Waals surface area contributed by atoms with Crippen molar-refractivity contribution in [3.05, 3.63) is 71.8 Å². The highest BCUT2D eigenvalue weighted by molar-refractivity contribution is 5.99. The van der Waals surface area contributed by atoms with Gasteiger partial charge in [-0.15, -0.1) is 0 Å². The van der Waals surface area contributed by atoms with Gasteiger partial charge in [-0.05, 0) is 24.6 Å². The van der Waals surface area contributed by atoms with Crippen LogP contribution in [0, 0.1) is 0 Å². The predicted octanol–water partition coefficient (Wildman–Crippen LogP) is 3.27. The summed E-state index contributed by atoms with van der Waals surface area (Å²) in [6, 6.07) is 18.4. The molecule has 0 atom stereocenters. The fraction of sp³-hybridized carbons (Fsp3) is 0.0667. The van der Waals surface area contributed by atoms with E-state index in [9.17, 15) is 4.79 Å². The minimum Gasteiger partial charge on any atom is -0.313 e. The van der Waals surface area contributed by atoms with E-state index < -0.39 is 5.97 Å². The number of nitrogens with zero attached hydrogens (tertiary/aromatic N) is 1. The van der Waals surface area contributed by atoms with Crippen LogP contribution in [0.4, 0.5) is 0 Å². The van der Waals surface area contributed by atoms with Crippen molar-refractivity contribution in [2.24, 2.45) is 5.16 Å². The lowest BCUT2D eigenvalue weighted by atomic mass is 10.1. The standard InChI is InChI=1S/C15H13NO2/c1-12(13-8-4-2-5-9-13)16-18-15(17)14-10-6-3-7-11-14/h2-11H,1H3/b16-12-. The van der Waals surface area contributed by atoms with E-state index in [1.54, 1.807) is 31.2 Å². The van der Waals surface area contributed by atoms with Crippen LogP contribution in [-0.2, 0) is 4.84 Å². The van der Waals surface area contributed by atoms with Crippen molar-refractivity contribution >= 4 is 11.7 Å². The normalized spacial score (nSPS) is 11.1. The van der Waals surface area contributed by atoms with Crippen LogP contribution in [0.25, 0.3) is 0 Å². The molecule has 0 aliphatic heterocycles. The molecule has 0 N–H and O–H groups in total. The Hall–Kier alpha value is -2.42. The molecule has 0 heterocycles. The summed E-state index contributed by atoms with van der Waals surface area (Å²) in [7, 11) is 0. The molecule has 0 radical (unpaired) electrons. The van der Waals surface area contributed by atoms with Gasteiger partial charge in [0.1, 0.15) is 0 Å². The van der Waals surface area contributed by atoms with E-state index in [0.717, 1.165) is 5.56 Å². The number of carbonyl (C=O) groups excluding carboxylic acids is 1. The summed E-state index contributed by atoms with van der Waals surface area (Å²) >= 11 is 0. The average molecular weight is 239 g/mol. The highest BCUT2D eigenvalue weighted by atomic mass is 16.7. The third-order valence-corrected chi connectivity index (χ3v) is 2.47. The first-order chi connectivity index (χ1) is 8.77. The molecule has 0 aromatic heterocycles. The van der Waals surface area contributed by atoms with Gasteiger partial charge < -0.3 is 4.84 Å². The molecule has 0 aliphatic carbocycles. The smallest absolute Gasteiger partial charge is 0.313 e. The number of hydrogen-bond acceptors (Lipinski definition) is 3. The van der Waals surface area contributed by atoms with Gasteiger partial charge in [0, 0.05) is 0 Å². The van der Waals surface area contributed by atoms with E-state index in [4.69, 9.17) is 4.84 Å². The van der Waals surface area contributed by atoms with E-state index in [1.807, 2.05) is 36.4 Å². The summed E-state index contributed by atoms with van der Waals surface area (Å²) in [5.74, 6) is -0.453. The summed E-state index contributed by atoms with van der Waals surface area (Å²) in [6.07, 6.45) is 0. The molecule has 0 amide bonds. The molecule has 0 aliphatic rings. The molecule has 2 aromatic rings. The van der Waals surface area contributed by atoms with Gasteiger partial charge in [-0.1, -0.05) is 53.7 Å². The van der Waals surface area contributed by atoms with Crippen molar-refractivity contribution in [2.45, 2.75) is 6.92 Å². The van der Waals surface area contributed by atoms with Crippen LogP contribution in [0.2, 0.25) is 0 Å². The van der Waals surface area contributed by atoms with E-state index in [0.29, 0.717) is 11.3 Å². The van der Waals surface area contributed by atoms with E-state index >= 15 is 0 Å². The zero-order valence-corrected chi connectivity index (χ0v) is 10.0. The Kier molecular flexibility index (Phi) is 3.86. The number of oxime groups is 1. The largest absolute Gasteiger partial charge is 0.365 e. The van der Waals surface area contributed by atoms with E-state index in [2.05, 4.69) is 5.16 Å². The van der Waals surface area contributed by atoms with Gasteiger partial charge in [-0.3, -0.25) is 0 Å². The molecule has 0 saturated heterocycles. The highest BCUT2D eigenvalue weighted by Gasteiger charge is 2.06. The molecule has 18 heavy (non-hydrogen) atoms. The summed E-state index contributed by atoms with van der Waals surface area (Å²) in [4.78, 5) is 16.5. The van der Waals surface area contributed by atoms with Crippen molar-refractivity contribution in [2.75, 3.05) is 0 Å². The molecule has 2 aromatic carbocycles. The first-order valence-electron chi connectivity index (χ1n) is 5.64. The quantitative estimate of drug-likeness (QED) is 0.468. The Balaban J connectivity index is 2.05. The van der Waals surface area contributed by atoms with Gasteiger partial charge in [0.25, 0.3) is 0 Å². The third-order valence-electron chi connectivity index (χ3n) is 2.47. The molecule has 0 spiro atoms. The first kappa shape index (κ1) is 12.0. The molecular formula is C15H13NO2. The Morgan fingerprint density at radius 1 is 0.889 bits per heavy atom. The summed E-state index contributed by atoms with van der Waals surface area (Å²) < 4.78 is 0. The van der Waals surface area contributed by atoms with Crippen molar-refractivity contribution in [3.8, 4) is 0 Å². The maximum Gasteiger partial charge on any atom is 0.365 e. The van der Waals surface area contributed by atoms with Crippen LogP contribution in [0.3, 0.4) is 0 Å². The second-order valence-electron chi connectivity index (χ2n) is 3.79. The Morgan fingerprint density at radius 3 is 1.94 bits per heavy atom. The maximum absolute atomic E-state index is 11.7. The summed E-state index contributed by atoms with van der Waals surface area (Å²) in [5.41, 5.74) is 2.08. The molecule has 2 rings (SSSR count). The number of rotatable bonds is 3. The monoisotopic (exact) mass is 239 g/mol. The van der Waals surface area contributed by atoms with Crippen molar-refractivity contribution in [3.63, 3.8) is 0 Å². The Morgan fingerprint density at radius 2 is 1.39 bits per heavy atom. The molecule has 0 bridgehead atoms. The number of hydrogen-bond donors (Lipinski definition) is 0. The minimum absolute atomic E-state index is 0.453. The van der Waals surface area contributed by atoms with Crippen LogP contribution in [-0.4, -0.2) is 11.7 Å². The van der Waals surface area contributed by atoms with Crippen LogP contribution >= 0.6 is 0 Å². The molecule has 3 heteroatoms. The summed E-state index contributed by atoms with van der Waals surface area (Å²) in [6.45, 7) is 1.80. The fourth-order valence-corrected chi connectivity index (χ4v) is 1.47. The number of carbonyl (C=O) groups is 1. The van der Waals surface area contributed by atoms with Gasteiger partial charge in [0.05, 0.1) is 11.3 Å². The van der Waals surface area contributed by atoms with Crippen LogP contribution < -0.4 is 0 Å². The predicted molar refractivity (Wildman–Crippen MR) is 70.5 cm³/mol. The van der Waals surface area contributed by atoms with Gasteiger partial charge in [-0.25, -0.2) is 4.79 Å². The van der Waals surface area contributed by atoms with E-state index in [1.165, 1.54) is 0 Å². The third kappa shape index (κ3) is 3.04. The molecule has 0 fully saturated rings. The van der Waals surface area contributed by atoms with Crippen LogP contribution in [0.5, 0.6) is 0 Å². The lowest BCUT2D eigenvalue weighted by Gasteiger charge is -2.00. The van der Waals surface area contributed by atoms with Crippen LogP contribution in [0.1, 0.15) is 22.8 Å². The maximum atomic E-state index is 11.7. The van der Waals surface area contributed by atoms with Crippen molar-refractivity contribution in [1.82, 2.24) is 0 Å². The van der Waals surface area contributed by atoms with Gasteiger partial charge in [0.2, 0.25) is 0 Å². The second kappa shape index (κ2) is 5.77. The van der Waals surface area contributed by atoms with Gasteiger partial charge in [-0.2, -0.15) is 0 Å². The molecular weight excluding hydrogens is 226 g/mol. The van der Waals surface area contributed by atoms with Gasteiger partial charge in [0.15, 0.2) is 0 Å². The highest BCUT2D eigenvalue weighted by Crippen LogP contribution is 2.04. The average Bonchev–Trinajstić information content (AvgIpc) is 2.46. The first-order valence-corrected chi connectivity index (χ1v) is 5.64. The van der Waals surface area contributed by atoms with Crippen molar-refractivity contribution in [1.29, 1.82) is 0 Å². The zero-order valence-electron chi connectivity index (χ0n) is 10.0. The van der Waals surface area contributed by atoms with E-state index in [-0.39, 0.29) is 0 Å². The van der Waals surface area contributed by atoms with Gasteiger partial charge >= 0.3 is 5.97 Å². The fourth-order valence-electron chi connectivity index (χ4n) is 1.47. The van der Waals surface area contributed by atoms with Crippen molar-refractivity contribution < 1.29 is 9.63 Å². The lowest BCUT2D eigenvalue weighted by molar-refractivity contribution is 0.0516. The molecule has 3 nitrogen and oxygen atoms in total. The zero-order chi connectivity index (χ0) is 12.8. The molecule has 0 unspecified atom stereocenters. The lowest BCUT2D eigenvalue weighted by Crippen LogP contribution is -2.03. The second-order valence-corrected chi connectivity index (χ2v) is 3.79. The Bertz CT molecular complexity index is 547. The number of benzene rings is 2. The topological polar surface area (TPSA) is 38.7 Å². The molecule has 0 saturated carbocycles. The minimum atomic E-state index is -0.453. The Labute approximate surface area is 106 Å². The van der Waals surface area contributed by atoms with Crippen LogP contribution in [0.15, 0.2) is 65.8 Å². The SMILES string of the molecule is C/C(=N/OC(=O)c1ccccc1)c1ccccc1.